The molecule has 0 saturated carbocycles. The SMILES string of the molecule is CC(C)C(=O)N(C)Cc1ccc(C(=O)NCc2ccc3c(c2)CNC3)cc1.Cl. The molecule has 0 atom stereocenters. The van der Waals surface area contributed by atoms with Gasteiger partial charge in [-0.2, -0.15) is 0 Å². The fourth-order valence-corrected chi connectivity index (χ4v) is 3.30. The lowest BCUT2D eigenvalue weighted by Gasteiger charge is -2.19. The molecule has 0 radical (unpaired) electrons. The lowest BCUT2D eigenvalue weighted by molar-refractivity contribution is -0.133. The van der Waals surface area contributed by atoms with Gasteiger partial charge in [0.05, 0.1) is 0 Å². The summed E-state index contributed by atoms with van der Waals surface area (Å²) in [6, 6.07) is 13.8. The molecule has 2 aromatic rings. The van der Waals surface area contributed by atoms with E-state index in [1.54, 1.807) is 11.9 Å². The molecule has 0 fully saturated rings. The second kappa shape index (κ2) is 9.71. The maximum Gasteiger partial charge on any atom is 0.251 e. The molecule has 0 bridgehead atoms. The maximum absolute atomic E-state index is 12.4. The average Bonchev–Trinajstić information content (AvgIpc) is 3.13. The van der Waals surface area contributed by atoms with Gasteiger partial charge in [0.15, 0.2) is 0 Å². The largest absolute Gasteiger partial charge is 0.348 e. The predicted molar refractivity (Wildman–Crippen MR) is 113 cm³/mol. The summed E-state index contributed by atoms with van der Waals surface area (Å²) < 4.78 is 0. The molecule has 0 saturated heterocycles. The standard InChI is InChI=1S/C22H27N3O2.ClH/c1-15(2)22(27)25(3)14-16-4-7-18(8-5-16)21(26)24-11-17-6-9-19-12-23-13-20(19)10-17;/h4-10,15,23H,11-14H2,1-3H3,(H,24,26);1H. The van der Waals surface area contributed by atoms with Crippen molar-refractivity contribution in [2.24, 2.45) is 5.92 Å². The normalized spacial score (nSPS) is 12.3. The van der Waals surface area contributed by atoms with E-state index < -0.39 is 0 Å². The van der Waals surface area contributed by atoms with Gasteiger partial charge in [-0.1, -0.05) is 44.2 Å². The number of amides is 2. The van der Waals surface area contributed by atoms with Gasteiger partial charge in [0.25, 0.3) is 5.91 Å². The number of carbonyl (C=O) groups is 2. The molecule has 3 rings (SSSR count). The van der Waals surface area contributed by atoms with Crippen molar-refractivity contribution in [2.75, 3.05) is 7.05 Å². The van der Waals surface area contributed by atoms with Crippen LogP contribution in [0.4, 0.5) is 0 Å². The van der Waals surface area contributed by atoms with E-state index in [4.69, 9.17) is 0 Å². The minimum Gasteiger partial charge on any atom is -0.348 e. The molecule has 5 nitrogen and oxygen atoms in total. The van der Waals surface area contributed by atoms with Gasteiger partial charge < -0.3 is 15.5 Å². The number of nitrogens with zero attached hydrogens (tertiary/aromatic N) is 1. The van der Waals surface area contributed by atoms with Gasteiger partial charge in [-0.15, -0.1) is 12.4 Å². The van der Waals surface area contributed by atoms with Crippen molar-refractivity contribution in [1.29, 1.82) is 0 Å². The number of hydrogen-bond donors (Lipinski definition) is 2. The molecule has 1 aliphatic heterocycles. The first-order valence-corrected chi connectivity index (χ1v) is 9.37. The van der Waals surface area contributed by atoms with Gasteiger partial charge in [0, 0.05) is 44.7 Å². The van der Waals surface area contributed by atoms with Gasteiger partial charge in [0.2, 0.25) is 5.91 Å². The third-order valence-electron chi connectivity index (χ3n) is 4.86. The van der Waals surface area contributed by atoms with Crippen LogP contribution in [-0.2, 0) is 31.0 Å². The van der Waals surface area contributed by atoms with Gasteiger partial charge in [-0.3, -0.25) is 9.59 Å². The van der Waals surface area contributed by atoms with E-state index in [9.17, 15) is 9.59 Å². The summed E-state index contributed by atoms with van der Waals surface area (Å²) >= 11 is 0. The Balaban J connectivity index is 0.00000280. The molecule has 1 heterocycles. The van der Waals surface area contributed by atoms with Crippen molar-refractivity contribution in [3.05, 3.63) is 70.3 Å². The molecule has 2 aromatic carbocycles. The minimum absolute atomic E-state index is 0. The average molecular weight is 402 g/mol. The number of hydrogen-bond acceptors (Lipinski definition) is 3. The van der Waals surface area contributed by atoms with E-state index in [-0.39, 0.29) is 30.1 Å². The zero-order valence-corrected chi connectivity index (χ0v) is 17.4. The lowest BCUT2D eigenvalue weighted by atomic mass is 10.1. The van der Waals surface area contributed by atoms with Crippen molar-refractivity contribution in [3.8, 4) is 0 Å². The maximum atomic E-state index is 12.4. The molecule has 28 heavy (non-hydrogen) atoms. The van der Waals surface area contributed by atoms with E-state index in [0.29, 0.717) is 18.7 Å². The molecule has 0 spiro atoms. The Kier molecular flexibility index (Phi) is 7.61. The third kappa shape index (κ3) is 5.33. The zero-order valence-electron chi connectivity index (χ0n) is 16.6. The van der Waals surface area contributed by atoms with Gasteiger partial charge >= 0.3 is 0 Å². The lowest BCUT2D eigenvalue weighted by Crippen LogP contribution is -2.30. The number of benzene rings is 2. The third-order valence-corrected chi connectivity index (χ3v) is 4.86. The first-order chi connectivity index (χ1) is 12.9. The number of nitrogens with one attached hydrogen (secondary N) is 2. The van der Waals surface area contributed by atoms with E-state index in [1.807, 2.05) is 38.1 Å². The molecular formula is C22H28ClN3O2. The summed E-state index contributed by atoms with van der Waals surface area (Å²) in [4.78, 5) is 26.1. The Morgan fingerprint density at radius 1 is 1.04 bits per heavy atom. The quantitative estimate of drug-likeness (QED) is 0.781. The summed E-state index contributed by atoms with van der Waals surface area (Å²) in [5.74, 6) is 0.00296. The van der Waals surface area contributed by atoms with Crippen LogP contribution in [0.5, 0.6) is 0 Å². The first-order valence-electron chi connectivity index (χ1n) is 9.37. The molecule has 6 heteroatoms. The van der Waals surface area contributed by atoms with Crippen molar-refractivity contribution in [2.45, 2.75) is 40.0 Å². The summed E-state index contributed by atoms with van der Waals surface area (Å²) in [5, 5.41) is 6.30. The van der Waals surface area contributed by atoms with Crippen molar-refractivity contribution in [3.63, 3.8) is 0 Å². The monoisotopic (exact) mass is 401 g/mol. The molecule has 2 N–H and O–H groups in total. The van der Waals surface area contributed by atoms with Crippen molar-refractivity contribution < 1.29 is 9.59 Å². The van der Waals surface area contributed by atoms with E-state index in [0.717, 1.165) is 24.2 Å². The molecule has 1 aliphatic rings. The Morgan fingerprint density at radius 3 is 2.36 bits per heavy atom. The fraction of sp³-hybridized carbons (Fsp3) is 0.364. The van der Waals surface area contributed by atoms with Crippen molar-refractivity contribution in [1.82, 2.24) is 15.5 Å². The highest BCUT2D eigenvalue weighted by Gasteiger charge is 2.14. The van der Waals surface area contributed by atoms with Gasteiger partial charge in [0.1, 0.15) is 0 Å². The predicted octanol–water partition coefficient (Wildman–Crippen LogP) is 3.26. The van der Waals surface area contributed by atoms with E-state index >= 15 is 0 Å². The summed E-state index contributed by atoms with van der Waals surface area (Å²) in [7, 11) is 1.80. The second-order valence-corrected chi connectivity index (χ2v) is 7.44. The molecular weight excluding hydrogens is 374 g/mol. The number of carbonyl (C=O) groups excluding carboxylic acids is 2. The van der Waals surface area contributed by atoms with Crippen molar-refractivity contribution >= 4 is 24.2 Å². The molecule has 0 aliphatic carbocycles. The van der Waals surface area contributed by atoms with Crippen LogP contribution >= 0.6 is 12.4 Å². The highest BCUT2D eigenvalue weighted by atomic mass is 35.5. The summed E-state index contributed by atoms with van der Waals surface area (Å²) in [6.07, 6.45) is 0. The highest BCUT2D eigenvalue weighted by Crippen LogP contribution is 2.17. The molecule has 2 amide bonds. The second-order valence-electron chi connectivity index (χ2n) is 7.44. The zero-order chi connectivity index (χ0) is 19.4. The van der Waals surface area contributed by atoms with Gasteiger partial charge in [-0.25, -0.2) is 0 Å². The Morgan fingerprint density at radius 2 is 1.68 bits per heavy atom. The van der Waals surface area contributed by atoms with Crippen LogP contribution in [0.1, 0.15) is 46.5 Å². The van der Waals surface area contributed by atoms with Crippen LogP contribution in [-0.4, -0.2) is 23.8 Å². The smallest absolute Gasteiger partial charge is 0.251 e. The summed E-state index contributed by atoms with van der Waals surface area (Å²) in [6.45, 7) is 6.66. The Bertz CT molecular complexity index is 834. The van der Waals surface area contributed by atoms with Gasteiger partial charge in [-0.05, 0) is 34.4 Å². The fourth-order valence-electron chi connectivity index (χ4n) is 3.30. The Labute approximate surface area is 172 Å². The topological polar surface area (TPSA) is 61.4 Å². The van der Waals surface area contributed by atoms with Crippen LogP contribution in [0.2, 0.25) is 0 Å². The summed E-state index contributed by atoms with van der Waals surface area (Å²) in [5.41, 5.74) is 5.39. The van der Waals surface area contributed by atoms with Crippen LogP contribution < -0.4 is 10.6 Å². The highest BCUT2D eigenvalue weighted by molar-refractivity contribution is 5.94. The number of fused-ring (bicyclic) bond motifs is 1. The van der Waals surface area contributed by atoms with Crippen LogP contribution in [0, 0.1) is 5.92 Å². The number of halogens is 1. The van der Waals surface area contributed by atoms with Crippen LogP contribution in [0.15, 0.2) is 42.5 Å². The minimum atomic E-state index is -0.0909. The molecule has 150 valence electrons. The van der Waals surface area contributed by atoms with Crippen LogP contribution in [0.25, 0.3) is 0 Å². The molecule has 0 unspecified atom stereocenters. The number of rotatable bonds is 6. The first kappa shape index (κ1) is 21.9. The van der Waals surface area contributed by atoms with Crippen LogP contribution in [0.3, 0.4) is 0 Å². The molecule has 0 aromatic heterocycles. The van der Waals surface area contributed by atoms with E-state index in [2.05, 4.69) is 28.8 Å². The van der Waals surface area contributed by atoms with E-state index in [1.165, 1.54) is 11.1 Å². The Hall–Kier alpha value is -2.37.